The van der Waals surface area contributed by atoms with E-state index >= 15 is 0 Å². The number of fused-ring (bicyclic) bond motifs is 1. The first-order chi connectivity index (χ1) is 8.17. The van der Waals surface area contributed by atoms with Gasteiger partial charge in [0.2, 0.25) is 0 Å². The highest BCUT2D eigenvalue weighted by molar-refractivity contribution is 5.69. The Morgan fingerprint density at radius 3 is 3.00 bits per heavy atom. The standard InChI is InChI=1S/C15H13NO/c1-4-5-14(17)15-10(2)8-11-6-7-12(16-3)9-13(11)15/h1,6-9,14-15,17H,5H2,2H3. The van der Waals surface area contributed by atoms with Gasteiger partial charge in [0, 0.05) is 12.3 Å². The fourth-order valence-electron chi connectivity index (χ4n) is 2.36. The maximum atomic E-state index is 10.1. The summed E-state index contributed by atoms with van der Waals surface area (Å²) in [6.07, 6.45) is 7.05. The van der Waals surface area contributed by atoms with Gasteiger partial charge >= 0.3 is 0 Å². The Bertz CT molecular complexity index is 557. The Hall–Kier alpha value is -2.03. The molecule has 0 amide bonds. The smallest absolute Gasteiger partial charge is 0.187 e. The van der Waals surface area contributed by atoms with Crippen molar-refractivity contribution in [2.24, 2.45) is 0 Å². The van der Waals surface area contributed by atoms with E-state index in [2.05, 4.69) is 10.8 Å². The van der Waals surface area contributed by atoms with Gasteiger partial charge < -0.3 is 5.11 Å². The zero-order chi connectivity index (χ0) is 12.4. The van der Waals surface area contributed by atoms with Gasteiger partial charge in [0.15, 0.2) is 5.69 Å². The summed E-state index contributed by atoms with van der Waals surface area (Å²) in [5, 5.41) is 10.1. The maximum Gasteiger partial charge on any atom is 0.187 e. The summed E-state index contributed by atoms with van der Waals surface area (Å²) >= 11 is 0. The molecule has 0 heterocycles. The number of hydrogen-bond acceptors (Lipinski definition) is 1. The lowest BCUT2D eigenvalue weighted by atomic mass is 9.89. The lowest BCUT2D eigenvalue weighted by Gasteiger charge is -2.19. The summed E-state index contributed by atoms with van der Waals surface area (Å²) < 4.78 is 0. The molecule has 0 spiro atoms. The molecule has 1 aromatic rings. The van der Waals surface area contributed by atoms with Gasteiger partial charge in [-0.3, -0.25) is 0 Å². The van der Waals surface area contributed by atoms with E-state index in [1.807, 2.05) is 25.1 Å². The average molecular weight is 223 g/mol. The highest BCUT2D eigenvalue weighted by Gasteiger charge is 2.28. The fraction of sp³-hybridized carbons (Fsp3) is 0.267. The summed E-state index contributed by atoms with van der Waals surface area (Å²) in [5.74, 6) is 2.42. The van der Waals surface area contributed by atoms with Gasteiger partial charge in [-0.2, -0.15) is 0 Å². The van der Waals surface area contributed by atoms with Gasteiger partial charge in [0.05, 0.1) is 12.7 Å². The molecule has 1 aliphatic carbocycles. The Morgan fingerprint density at radius 1 is 1.59 bits per heavy atom. The second-order valence-electron chi connectivity index (χ2n) is 4.27. The number of terminal acetylenes is 1. The predicted octanol–water partition coefficient (Wildman–Crippen LogP) is 3.12. The van der Waals surface area contributed by atoms with Crippen molar-refractivity contribution in [3.05, 3.63) is 46.3 Å². The van der Waals surface area contributed by atoms with E-state index in [1.165, 1.54) is 0 Å². The van der Waals surface area contributed by atoms with E-state index in [9.17, 15) is 5.11 Å². The van der Waals surface area contributed by atoms with Crippen molar-refractivity contribution in [1.82, 2.24) is 0 Å². The fourth-order valence-corrected chi connectivity index (χ4v) is 2.36. The third-order valence-electron chi connectivity index (χ3n) is 3.12. The molecule has 2 atom stereocenters. The monoisotopic (exact) mass is 223 g/mol. The van der Waals surface area contributed by atoms with Crippen LogP contribution in [0.15, 0.2) is 23.8 Å². The molecular weight excluding hydrogens is 210 g/mol. The van der Waals surface area contributed by atoms with Crippen LogP contribution in [0.2, 0.25) is 0 Å². The molecule has 0 aliphatic heterocycles. The van der Waals surface area contributed by atoms with Crippen LogP contribution in [0.5, 0.6) is 0 Å². The lowest BCUT2D eigenvalue weighted by Crippen LogP contribution is -2.17. The van der Waals surface area contributed by atoms with Crippen LogP contribution in [0.25, 0.3) is 10.9 Å². The van der Waals surface area contributed by atoms with Gasteiger partial charge in [-0.05, 0) is 18.1 Å². The van der Waals surface area contributed by atoms with Crippen LogP contribution in [-0.2, 0) is 0 Å². The zero-order valence-corrected chi connectivity index (χ0v) is 9.64. The summed E-state index contributed by atoms with van der Waals surface area (Å²) in [5.41, 5.74) is 3.80. The van der Waals surface area contributed by atoms with Crippen LogP contribution in [0.3, 0.4) is 0 Å². The van der Waals surface area contributed by atoms with Crippen molar-refractivity contribution in [2.45, 2.75) is 25.4 Å². The van der Waals surface area contributed by atoms with E-state index in [0.717, 1.165) is 16.7 Å². The number of benzene rings is 1. The van der Waals surface area contributed by atoms with E-state index in [-0.39, 0.29) is 5.92 Å². The van der Waals surface area contributed by atoms with Crippen molar-refractivity contribution in [3.8, 4) is 12.3 Å². The number of rotatable bonds is 2. The molecule has 1 aliphatic rings. The second kappa shape index (κ2) is 4.45. The summed E-state index contributed by atoms with van der Waals surface area (Å²) in [7, 11) is 0. The van der Waals surface area contributed by atoms with Crippen molar-refractivity contribution >= 4 is 11.8 Å². The lowest BCUT2D eigenvalue weighted by molar-refractivity contribution is 0.162. The Morgan fingerprint density at radius 2 is 2.35 bits per heavy atom. The molecule has 17 heavy (non-hydrogen) atoms. The first-order valence-corrected chi connectivity index (χ1v) is 5.48. The molecule has 2 nitrogen and oxygen atoms in total. The van der Waals surface area contributed by atoms with Gasteiger partial charge in [0.1, 0.15) is 0 Å². The average Bonchev–Trinajstić information content (AvgIpc) is 2.64. The third kappa shape index (κ3) is 1.96. The minimum atomic E-state index is -0.571. The SMILES string of the molecule is [C-]#[N+]c1ccc2c(c1)C(C(O)CC#C)C(C)=C2. The third-order valence-corrected chi connectivity index (χ3v) is 3.12. The number of aliphatic hydroxyl groups excluding tert-OH is 1. The van der Waals surface area contributed by atoms with Crippen molar-refractivity contribution < 1.29 is 5.11 Å². The predicted molar refractivity (Wildman–Crippen MR) is 68.6 cm³/mol. The van der Waals surface area contributed by atoms with Crippen LogP contribution in [0.1, 0.15) is 30.4 Å². The molecule has 0 saturated heterocycles. The summed E-state index contributed by atoms with van der Waals surface area (Å²) in [6.45, 7) is 9.01. The normalized spacial score (nSPS) is 18.8. The van der Waals surface area contributed by atoms with Gasteiger partial charge in [-0.15, -0.1) is 12.3 Å². The second-order valence-corrected chi connectivity index (χ2v) is 4.27. The number of hydrogen-bond donors (Lipinski definition) is 1. The quantitative estimate of drug-likeness (QED) is 0.604. The Kier molecular flexibility index (Phi) is 3.00. The molecule has 1 aromatic carbocycles. The highest BCUT2D eigenvalue weighted by atomic mass is 16.3. The molecular formula is C15H13NO. The van der Waals surface area contributed by atoms with Gasteiger partial charge in [0.25, 0.3) is 0 Å². The highest BCUT2D eigenvalue weighted by Crippen LogP contribution is 2.40. The Balaban J connectivity index is 2.43. The summed E-state index contributed by atoms with van der Waals surface area (Å²) in [4.78, 5) is 3.42. The van der Waals surface area contributed by atoms with Crippen molar-refractivity contribution in [2.75, 3.05) is 0 Å². The molecule has 0 radical (unpaired) electrons. The molecule has 0 bridgehead atoms. The molecule has 0 fully saturated rings. The molecule has 84 valence electrons. The minimum absolute atomic E-state index is 0.0669. The van der Waals surface area contributed by atoms with Crippen molar-refractivity contribution in [1.29, 1.82) is 0 Å². The molecule has 2 rings (SSSR count). The number of nitrogens with zero attached hydrogens (tertiary/aromatic N) is 1. The van der Waals surface area contributed by atoms with E-state index in [0.29, 0.717) is 12.1 Å². The van der Waals surface area contributed by atoms with Crippen molar-refractivity contribution in [3.63, 3.8) is 0 Å². The van der Waals surface area contributed by atoms with Crippen LogP contribution in [0, 0.1) is 18.9 Å². The Labute approximate surface area is 101 Å². The summed E-state index contributed by atoms with van der Waals surface area (Å²) in [6, 6.07) is 5.57. The molecule has 2 heteroatoms. The topological polar surface area (TPSA) is 24.6 Å². The minimum Gasteiger partial charge on any atom is -0.391 e. The van der Waals surface area contributed by atoms with Crippen LogP contribution >= 0.6 is 0 Å². The van der Waals surface area contributed by atoms with E-state index in [1.54, 1.807) is 6.07 Å². The zero-order valence-electron chi connectivity index (χ0n) is 9.64. The van der Waals surface area contributed by atoms with Crippen LogP contribution in [-0.4, -0.2) is 11.2 Å². The molecule has 1 N–H and O–H groups in total. The van der Waals surface area contributed by atoms with E-state index < -0.39 is 6.10 Å². The van der Waals surface area contributed by atoms with Crippen LogP contribution in [0.4, 0.5) is 5.69 Å². The first kappa shape index (κ1) is 11.5. The number of aliphatic hydroxyl groups is 1. The van der Waals surface area contributed by atoms with Crippen LogP contribution < -0.4 is 0 Å². The van der Waals surface area contributed by atoms with Gasteiger partial charge in [-0.25, -0.2) is 4.85 Å². The van der Waals surface area contributed by atoms with E-state index in [4.69, 9.17) is 13.0 Å². The van der Waals surface area contributed by atoms with Gasteiger partial charge in [-0.1, -0.05) is 29.8 Å². The molecule has 2 unspecified atom stereocenters. The molecule has 0 saturated carbocycles. The molecule has 0 aromatic heterocycles. The largest absolute Gasteiger partial charge is 0.391 e. The first-order valence-electron chi connectivity index (χ1n) is 5.48. The maximum absolute atomic E-state index is 10.1.